The van der Waals surface area contributed by atoms with Crippen LogP contribution in [-0.2, 0) is 19.1 Å². The van der Waals surface area contributed by atoms with Gasteiger partial charge in [0.1, 0.15) is 0 Å². The van der Waals surface area contributed by atoms with E-state index in [0.717, 1.165) is 25.7 Å². The molecular weight excluding hydrogens is 196 g/mol. The summed E-state index contributed by atoms with van der Waals surface area (Å²) in [6.45, 7) is 2.67. The van der Waals surface area contributed by atoms with Gasteiger partial charge in [0.05, 0.1) is 0 Å². The molecule has 0 aliphatic heterocycles. The normalized spacial score (nSPS) is 17.5. The Hall–Kier alpha value is -1.06. The second-order valence-corrected chi connectivity index (χ2v) is 3.99. The summed E-state index contributed by atoms with van der Waals surface area (Å²) < 4.78 is 10.0. The first-order valence-electron chi connectivity index (χ1n) is 5.44. The zero-order chi connectivity index (χ0) is 11.3. The van der Waals surface area contributed by atoms with Gasteiger partial charge in [-0.15, -0.1) is 0 Å². The Morgan fingerprint density at radius 3 is 1.87 bits per heavy atom. The van der Waals surface area contributed by atoms with Gasteiger partial charge in [-0.1, -0.05) is 19.3 Å². The van der Waals surface area contributed by atoms with Gasteiger partial charge in [0.15, 0.2) is 0 Å². The van der Waals surface area contributed by atoms with Crippen LogP contribution >= 0.6 is 0 Å². The zero-order valence-corrected chi connectivity index (χ0v) is 9.32. The Morgan fingerprint density at radius 1 is 1.00 bits per heavy atom. The maximum Gasteiger partial charge on any atom is 0.305 e. The van der Waals surface area contributed by atoms with Crippen LogP contribution in [0.4, 0.5) is 0 Å². The molecule has 0 radical (unpaired) electrons. The fraction of sp³-hybridized carbons (Fsp3) is 0.818. The van der Waals surface area contributed by atoms with Crippen molar-refractivity contribution >= 4 is 11.9 Å². The minimum absolute atomic E-state index is 0.173. The number of hydrogen-bond acceptors (Lipinski definition) is 4. The lowest BCUT2D eigenvalue weighted by molar-refractivity contribution is -0.197. The number of ether oxygens (including phenoxy) is 2. The van der Waals surface area contributed by atoms with Crippen molar-refractivity contribution in [2.75, 3.05) is 0 Å². The van der Waals surface area contributed by atoms with Crippen LogP contribution in [0, 0.1) is 5.92 Å². The molecule has 4 nitrogen and oxygen atoms in total. The third-order valence-electron chi connectivity index (χ3n) is 2.60. The fourth-order valence-electron chi connectivity index (χ4n) is 1.95. The highest BCUT2D eigenvalue weighted by Gasteiger charge is 2.28. The Kier molecular flexibility index (Phi) is 4.59. The Labute approximate surface area is 89.9 Å². The van der Waals surface area contributed by atoms with Gasteiger partial charge in [-0.05, 0) is 12.8 Å². The molecule has 0 spiro atoms. The standard InChI is InChI=1S/C11H18O4/c1-8(12)14-11(15-9(2)13)10-6-4-3-5-7-10/h10-11H,3-7H2,1-2H3. The first kappa shape index (κ1) is 12.0. The molecule has 1 aliphatic rings. The van der Waals surface area contributed by atoms with Crippen LogP contribution in [0.5, 0.6) is 0 Å². The number of hydrogen-bond donors (Lipinski definition) is 0. The summed E-state index contributed by atoms with van der Waals surface area (Å²) in [6.07, 6.45) is 4.69. The number of carbonyl (C=O) groups excluding carboxylic acids is 2. The van der Waals surface area contributed by atoms with Crippen molar-refractivity contribution in [3.63, 3.8) is 0 Å². The summed E-state index contributed by atoms with van der Waals surface area (Å²) in [5.74, 6) is -0.620. The van der Waals surface area contributed by atoms with Crippen LogP contribution in [-0.4, -0.2) is 18.2 Å². The molecule has 0 amide bonds. The summed E-state index contributed by atoms with van der Waals surface area (Å²) in [5.41, 5.74) is 0. The smallest absolute Gasteiger partial charge is 0.305 e. The van der Waals surface area contributed by atoms with E-state index in [2.05, 4.69) is 0 Å². The minimum atomic E-state index is -0.680. The van der Waals surface area contributed by atoms with E-state index in [1.54, 1.807) is 0 Å². The number of rotatable bonds is 3. The monoisotopic (exact) mass is 214 g/mol. The van der Waals surface area contributed by atoms with E-state index in [0.29, 0.717) is 0 Å². The lowest BCUT2D eigenvalue weighted by Crippen LogP contribution is -2.32. The van der Waals surface area contributed by atoms with E-state index in [9.17, 15) is 9.59 Å². The Morgan fingerprint density at radius 2 is 1.47 bits per heavy atom. The molecule has 0 heterocycles. The quantitative estimate of drug-likeness (QED) is 0.532. The molecule has 1 rings (SSSR count). The molecule has 0 saturated heterocycles. The first-order valence-corrected chi connectivity index (χ1v) is 5.44. The lowest BCUT2D eigenvalue weighted by atomic mass is 9.89. The van der Waals surface area contributed by atoms with Gasteiger partial charge < -0.3 is 9.47 Å². The molecule has 0 atom stereocenters. The SMILES string of the molecule is CC(=O)OC(OC(C)=O)C1CCCCC1. The molecule has 4 heteroatoms. The van der Waals surface area contributed by atoms with Gasteiger partial charge in [0.2, 0.25) is 6.29 Å². The minimum Gasteiger partial charge on any atom is -0.425 e. The average molecular weight is 214 g/mol. The van der Waals surface area contributed by atoms with E-state index in [1.807, 2.05) is 0 Å². The maximum absolute atomic E-state index is 10.9. The van der Waals surface area contributed by atoms with E-state index in [1.165, 1.54) is 20.3 Å². The fourth-order valence-corrected chi connectivity index (χ4v) is 1.95. The number of esters is 2. The highest BCUT2D eigenvalue weighted by atomic mass is 16.7. The Bertz CT molecular complexity index is 215. The highest BCUT2D eigenvalue weighted by Crippen LogP contribution is 2.28. The molecule has 0 aromatic carbocycles. The van der Waals surface area contributed by atoms with E-state index >= 15 is 0 Å². The molecule has 0 unspecified atom stereocenters. The van der Waals surface area contributed by atoms with Gasteiger partial charge in [-0.3, -0.25) is 9.59 Å². The second-order valence-electron chi connectivity index (χ2n) is 3.99. The highest BCUT2D eigenvalue weighted by molar-refractivity contribution is 5.68. The van der Waals surface area contributed by atoms with Crippen LogP contribution < -0.4 is 0 Å². The first-order chi connectivity index (χ1) is 7.09. The van der Waals surface area contributed by atoms with Gasteiger partial charge in [-0.2, -0.15) is 0 Å². The summed E-state index contributed by atoms with van der Waals surface area (Å²) in [5, 5.41) is 0. The van der Waals surface area contributed by atoms with E-state index < -0.39 is 18.2 Å². The molecule has 1 saturated carbocycles. The predicted octanol–water partition coefficient (Wildman–Crippen LogP) is 2.02. The predicted molar refractivity (Wildman–Crippen MR) is 53.9 cm³/mol. The van der Waals surface area contributed by atoms with Crippen molar-refractivity contribution in [3.05, 3.63) is 0 Å². The van der Waals surface area contributed by atoms with Crippen molar-refractivity contribution in [1.29, 1.82) is 0 Å². The molecule has 0 N–H and O–H groups in total. The summed E-state index contributed by atoms with van der Waals surface area (Å²) in [7, 11) is 0. The molecule has 0 bridgehead atoms. The van der Waals surface area contributed by atoms with Gasteiger partial charge in [-0.25, -0.2) is 0 Å². The zero-order valence-electron chi connectivity index (χ0n) is 9.32. The molecule has 0 aromatic heterocycles. The molecule has 86 valence electrons. The van der Waals surface area contributed by atoms with Crippen LogP contribution in [0.2, 0.25) is 0 Å². The molecule has 0 aromatic rings. The van der Waals surface area contributed by atoms with E-state index in [4.69, 9.17) is 9.47 Å². The van der Waals surface area contributed by atoms with Crippen LogP contribution in [0.3, 0.4) is 0 Å². The topological polar surface area (TPSA) is 52.6 Å². The van der Waals surface area contributed by atoms with E-state index in [-0.39, 0.29) is 5.92 Å². The third-order valence-corrected chi connectivity index (χ3v) is 2.60. The van der Waals surface area contributed by atoms with Crippen molar-refractivity contribution in [1.82, 2.24) is 0 Å². The van der Waals surface area contributed by atoms with Crippen molar-refractivity contribution in [3.8, 4) is 0 Å². The Balaban J connectivity index is 2.52. The van der Waals surface area contributed by atoms with Gasteiger partial charge >= 0.3 is 11.9 Å². The molecule has 1 aliphatic carbocycles. The van der Waals surface area contributed by atoms with Crippen LogP contribution in [0.15, 0.2) is 0 Å². The average Bonchev–Trinajstić information content (AvgIpc) is 2.17. The number of carbonyl (C=O) groups is 2. The third kappa shape index (κ3) is 4.32. The molecule has 15 heavy (non-hydrogen) atoms. The second kappa shape index (κ2) is 5.73. The molecular formula is C11H18O4. The van der Waals surface area contributed by atoms with Crippen LogP contribution in [0.25, 0.3) is 0 Å². The van der Waals surface area contributed by atoms with Crippen molar-refractivity contribution < 1.29 is 19.1 Å². The maximum atomic E-state index is 10.9. The summed E-state index contributed by atoms with van der Waals surface area (Å²) in [6, 6.07) is 0. The van der Waals surface area contributed by atoms with Crippen molar-refractivity contribution in [2.45, 2.75) is 52.2 Å². The molecule has 1 fully saturated rings. The van der Waals surface area contributed by atoms with Crippen molar-refractivity contribution in [2.24, 2.45) is 5.92 Å². The lowest BCUT2D eigenvalue weighted by Gasteiger charge is -2.28. The van der Waals surface area contributed by atoms with Gasteiger partial charge in [0, 0.05) is 19.8 Å². The van der Waals surface area contributed by atoms with Gasteiger partial charge in [0.25, 0.3) is 0 Å². The summed E-state index contributed by atoms with van der Waals surface area (Å²) >= 11 is 0. The van der Waals surface area contributed by atoms with Crippen LogP contribution in [0.1, 0.15) is 46.0 Å². The largest absolute Gasteiger partial charge is 0.425 e. The summed E-state index contributed by atoms with van der Waals surface area (Å²) in [4.78, 5) is 21.7.